The molecule has 4 bridgehead atoms. The summed E-state index contributed by atoms with van der Waals surface area (Å²) in [5.74, 6) is 4.29. The second-order valence-electron chi connectivity index (χ2n) is 19.9. The average molecular weight is 813 g/mol. The van der Waals surface area contributed by atoms with Gasteiger partial charge in [0.1, 0.15) is 0 Å². The molecule has 4 fully saturated rings. The van der Waals surface area contributed by atoms with Crippen molar-refractivity contribution < 1.29 is 46.1 Å². The molecule has 276 valence electrons. The van der Waals surface area contributed by atoms with Crippen molar-refractivity contribution in [3.05, 3.63) is 108 Å². The number of hydrogen-bond acceptors (Lipinski definition) is 0. The van der Waals surface area contributed by atoms with Crippen LogP contribution in [0.25, 0.3) is 11.1 Å². The number of hydrogen-bond donors (Lipinski definition) is 0. The molecule has 3 aromatic rings. The standard InChI is InChI=1S/C23H29.C17H23.C9H10.2ClH.Zr/c1-14-9-16-11-17-10-15(2)21(23(6,7)8)13-19(17)18(16)12-20(14)22(3,4)5;1-11-3-4-14(5-11)17(2)15-7-12-6-13(9-15)10-16(17)8-12;1-3-9-6-4-8(2)5-7-9;;;/h9,12-13H,11H2,1-8H3;4-5,11-13,15-16H,6-10H2,1-2H3;4-7H,1-2H3;2*1H;/q;;;;;+2/p-2. The van der Waals surface area contributed by atoms with E-state index in [1.165, 1.54) is 59.9 Å². The van der Waals surface area contributed by atoms with Crippen LogP contribution in [0.5, 0.6) is 0 Å². The van der Waals surface area contributed by atoms with Crippen molar-refractivity contribution in [2.24, 2.45) is 35.0 Å². The first-order valence-corrected chi connectivity index (χ1v) is 23.7. The van der Waals surface area contributed by atoms with E-state index in [1.54, 1.807) is 39.9 Å². The third-order valence-corrected chi connectivity index (χ3v) is 22.8. The van der Waals surface area contributed by atoms with Gasteiger partial charge in [-0.05, 0) is 0 Å². The molecular weight excluding hydrogens is 751 g/mol. The van der Waals surface area contributed by atoms with Crippen LogP contribution in [0.15, 0.2) is 63.5 Å². The van der Waals surface area contributed by atoms with E-state index in [0.29, 0.717) is 11.3 Å². The van der Waals surface area contributed by atoms with Crippen LogP contribution in [0.1, 0.15) is 139 Å². The molecule has 0 aromatic heterocycles. The fourth-order valence-electron chi connectivity index (χ4n) is 12.0. The van der Waals surface area contributed by atoms with E-state index in [9.17, 15) is 0 Å². The van der Waals surface area contributed by atoms with Gasteiger partial charge in [-0.1, -0.05) is 0 Å². The van der Waals surface area contributed by atoms with E-state index in [1.807, 2.05) is 3.28 Å². The Balaban J connectivity index is 0.00000232. The topological polar surface area (TPSA) is 0 Å². The molecule has 0 aliphatic heterocycles. The minimum Gasteiger partial charge on any atom is -1.00 e. The number of benzene rings is 3. The van der Waals surface area contributed by atoms with E-state index < -0.39 is 21.3 Å². The maximum Gasteiger partial charge on any atom is -1.00 e. The molecule has 0 amide bonds. The van der Waals surface area contributed by atoms with Crippen molar-refractivity contribution in [2.45, 2.75) is 132 Å². The first kappa shape index (κ1) is 40.1. The summed E-state index contributed by atoms with van der Waals surface area (Å²) in [5.41, 5.74) is 17.5. The first-order valence-electron chi connectivity index (χ1n) is 20.0. The molecule has 0 spiro atoms. The fourth-order valence-corrected chi connectivity index (χ4v) is 20.4. The molecule has 6 aliphatic rings. The Morgan fingerprint density at radius 3 is 1.87 bits per heavy atom. The molecule has 1 unspecified atom stereocenters. The minimum absolute atomic E-state index is 0. The molecule has 3 heteroatoms. The number of rotatable bonds is 4. The van der Waals surface area contributed by atoms with Gasteiger partial charge in [0.2, 0.25) is 0 Å². The first-order chi connectivity index (χ1) is 23.4. The van der Waals surface area contributed by atoms with Crippen molar-refractivity contribution >= 4 is 6.48 Å². The molecule has 1 atom stereocenters. The largest absolute Gasteiger partial charge is 1.00 e. The maximum absolute atomic E-state index is 2.86. The Morgan fingerprint density at radius 1 is 0.750 bits per heavy atom. The van der Waals surface area contributed by atoms with Gasteiger partial charge in [0, 0.05) is 0 Å². The zero-order chi connectivity index (χ0) is 35.7. The fraction of sp³-hybridized carbons (Fsp3) is 0.531. The van der Waals surface area contributed by atoms with Crippen molar-refractivity contribution in [1.29, 1.82) is 0 Å². The van der Waals surface area contributed by atoms with Gasteiger partial charge in [0.15, 0.2) is 0 Å². The minimum atomic E-state index is -2.72. The van der Waals surface area contributed by atoms with Crippen LogP contribution in [0.2, 0.25) is 0 Å². The van der Waals surface area contributed by atoms with Gasteiger partial charge in [-0.15, -0.1) is 0 Å². The van der Waals surface area contributed by atoms with Crippen molar-refractivity contribution in [3.63, 3.8) is 0 Å². The SMILES string of the molecule is C/[C](c1ccc(C)cc1)=[Zr+2](\[C]1=CC(C2(C)C3CC4CC(C3)CC2C4)=CC1C)[c]1c(C)c(C(C)(C)C)cc2c1Cc1cc(C)c(C(C)(C)C)cc1-2.[Cl-].[Cl-]. The molecule has 0 nitrogen and oxygen atoms in total. The summed E-state index contributed by atoms with van der Waals surface area (Å²) in [6, 6.07) is 17.4. The zero-order valence-corrected chi connectivity index (χ0v) is 38.1. The normalized spacial score (nSPS) is 27.3. The smallest absolute Gasteiger partial charge is 1.00 e. The Kier molecular flexibility index (Phi) is 10.7. The summed E-state index contributed by atoms with van der Waals surface area (Å²) in [5, 5.41) is 0. The van der Waals surface area contributed by atoms with Crippen LogP contribution in [-0.4, -0.2) is 3.21 Å². The summed E-state index contributed by atoms with van der Waals surface area (Å²) in [6.07, 6.45) is 14.2. The van der Waals surface area contributed by atoms with E-state index in [0.717, 1.165) is 30.1 Å². The summed E-state index contributed by atoms with van der Waals surface area (Å²) in [7, 11) is 0. The van der Waals surface area contributed by atoms with Crippen LogP contribution in [0, 0.1) is 55.8 Å². The van der Waals surface area contributed by atoms with Gasteiger partial charge in [-0.3, -0.25) is 0 Å². The van der Waals surface area contributed by atoms with Crippen LogP contribution < -0.4 is 28.1 Å². The monoisotopic (exact) mass is 810 g/mol. The number of allylic oxidation sites excluding steroid dienone is 4. The quantitative estimate of drug-likeness (QED) is 0.231. The molecule has 52 heavy (non-hydrogen) atoms. The van der Waals surface area contributed by atoms with Crippen LogP contribution in [0.3, 0.4) is 0 Å². The molecule has 9 rings (SSSR count). The van der Waals surface area contributed by atoms with E-state index in [2.05, 4.69) is 138 Å². The predicted molar refractivity (Wildman–Crippen MR) is 213 cm³/mol. The third kappa shape index (κ3) is 6.42. The summed E-state index contributed by atoms with van der Waals surface area (Å²) in [6.45, 7) is 29.4. The van der Waals surface area contributed by atoms with E-state index in [-0.39, 0.29) is 35.6 Å². The summed E-state index contributed by atoms with van der Waals surface area (Å²) >= 11 is -2.72. The Hall–Kier alpha value is -1.53. The van der Waals surface area contributed by atoms with Gasteiger partial charge in [-0.2, -0.15) is 0 Å². The summed E-state index contributed by atoms with van der Waals surface area (Å²) in [4.78, 5) is 0. The van der Waals surface area contributed by atoms with Crippen LogP contribution >= 0.6 is 0 Å². The molecule has 6 aliphatic carbocycles. The molecule has 4 saturated carbocycles. The second-order valence-corrected chi connectivity index (χ2v) is 26.3. The second kappa shape index (κ2) is 13.9. The van der Waals surface area contributed by atoms with Gasteiger partial charge in [0.25, 0.3) is 0 Å². The molecule has 0 radical (unpaired) electrons. The Morgan fingerprint density at radius 2 is 1.31 bits per heavy atom. The molecule has 3 aromatic carbocycles. The molecule has 0 saturated heterocycles. The molecule has 0 N–H and O–H groups in total. The Labute approximate surface area is 336 Å². The average Bonchev–Trinajstić information content (AvgIpc) is 3.59. The van der Waals surface area contributed by atoms with E-state index in [4.69, 9.17) is 0 Å². The molecule has 0 heterocycles. The van der Waals surface area contributed by atoms with Crippen molar-refractivity contribution in [3.8, 4) is 11.1 Å². The van der Waals surface area contributed by atoms with Gasteiger partial charge < -0.3 is 24.8 Å². The van der Waals surface area contributed by atoms with Gasteiger partial charge in [-0.25, -0.2) is 0 Å². The van der Waals surface area contributed by atoms with Crippen LogP contribution in [-0.2, 0) is 38.5 Å². The Bertz CT molecular complexity index is 1980. The van der Waals surface area contributed by atoms with Crippen molar-refractivity contribution in [1.82, 2.24) is 0 Å². The predicted octanol–water partition coefficient (Wildman–Crippen LogP) is 6.19. The number of fused-ring (bicyclic) bond motifs is 3. The number of aryl methyl sites for hydroxylation is 2. The molecular formula is C49H62Cl2Zr. The zero-order valence-electron chi connectivity index (χ0n) is 34.1. The summed E-state index contributed by atoms with van der Waals surface area (Å²) < 4.78 is 5.32. The maximum atomic E-state index is 2.86. The van der Waals surface area contributed by atoms with Crippen LogP contribution in [0.4, 0.5) is 0 Å². The van der Waals surface area contributed by atoms with Crippen molar-refractivity contribution in [2.75, 3.05) is 0 Å². The van der Waals surface area contributed by atoms with Gasteiger partial charge >= 0.3 is 314 Å². The third-order valence-electron chi connectivity index (χ3n) is 14.5. The number of halogens is 2. The van der Waals surface area contributed by atoms with E-state index >= 15 is 0 Å². The van der Waals surface area contributed by atoms with Gasteiger partial charge in [0.05, 0.1) is 0 Å².